The number of carbonyl (C=O) groups excluding carboxylic acids is 2. The van der Waals surface area contributed by atoms with Crippen molar-refractivity contribution in [1.82, 2.24) is 10.2 Å². The highest BCUT2D eigenvalue weighted by atomic mass is 16.4. The van der Waals surface area contributed by atoms with Gasteiger partial charge in [0.15, 0.2) is 0 Å². The molecule has 0 fully saturated rings. The van der Waals surface area contributed by atoms with Crippen molar-refractivity contribution in [2.24, 2.45) is 0 Å². The maximum absolute atomic E-state index is 12.0. The van der Waals surface area contributed by atoms with Crippen LogP contribution in [0.3, 0.4) is 0 Å². The van der Waals surface area contributed by atoms with Crippen LogP contribution >= 0.6 is 0 Å². The minimum Gasteiger partial charge on any atom is -0.478 e. The highest BCUT2D eigenvalue weighted by molar-refractivity contribution is 5.93. The predicted molar refractivity (Wildman–Crippen MR) is 98.0 cm³/mol. The third-order valence-electron chi connectivity index (χ3n) is 3.97. The van der Waals surface area contributed by atoms with Gasteiger partial charge < -0.3 is 15.3 Å². The van der Waals surface area contributed by atoms with Crippen molar-refractivity contribution in [2.75, 3.05) is 14.1 Å². The first-order chi connectivity index (χ1) is 12.4. The minimum absolute atomic E-state index is 0.0716. The lowest BCUT2D eigenvalue weighted by molar-refractivity contribution is -0.121. The summed E-state index contributed by atoms with van der Waals surface area (Å²) in [5.74, 6) is -1.22. The first-order valence-corrected chi connectivity index (χ1v) is 8.27. The molecule has 0 bridgehead atoms. The molecular formula is C20H22N2O4. The average Bonchev–Trinajstić information content (AvgIpc) is 2.64. The zero-order valence-electron chi connectivity index (χ0n) is 14.9. The Morgan fingerprint density at radius 1 is 1.00 bits per heavy atom. The molecule has 0 aliphatic heterocycles. The average molecular weight is 354 g/mol. The monoisotopic (exact) mass is 354 g/mol. The highest BCUT2D eigenvalue weighted by Gasteiger charge is 2.11. The molecule has 6 nitrogen and oxygen atoms in total. The number of carbonyl (C=O) groups is 3. The zero-order valence-corrected chi connectivity index (χ0v) is 14.9. The molecule has 6 heteroatoms. The van der Waals surface area contributed by atoms with Gasteiger partial charge in [-0.15, -0.1) is 0 Å². The SMILES string of the molecule is CN(C)C(=O)c1ccc(CNC(=O)CCc2ccccc2C(=O)O)cc1. The number of nitrogens with one attached hydrogen (secondary N) is 1. The number of amides is 2. The van der Waals surface area contributed by atoms with Gasteiger partial charge in [0.05, 0.1) is 5.56 Å². The maximum atomic E-state index is 12.0. The van der Waals surface area contributed by atoms with E-state index in [0.29, 0.717) is 24.1 Å². The summed E-state index contributed by atoms with van der Waals surface area (Å²) in [6.45, 7) is 0.357. The summed E-state index contributed by atoms with van der Waals surface area (Å²) >= 11 is 0. The van der Waals surface area contributed by atoms with E-state index in [1.54, 1.807) is 56.6 Å². The molecule has 2 rings (SSSR count). The summed E-state index contributed by atoms with van der Waals surface area (Å²) in [5, 5.41) is 12.0. The van der Waals surface area contributed by atoms with Gasteiger partial charge in [0.1, 0.15) is 0 Å². The molecule has 0 heterocycles. The Balaban J connectivity index is 1.86. The van der Waals surface area contributed by atoms with E-state index < -0.39 is 5.97 Å². The molecule has 0 spiro atoms. The molecule has 0 aromatic heterocycles. The number of carboxylic acid groups (broad SMARTS) is 1. The van der Waals surface area contributed by atoms with Crippen LogP contribution in [0.4, 0.5) is 0 Å². The number of benzene rings is 2. The summed E-state index contributed by atoms with van der Waals surface area (Å²) in [6, 6.07) is 13.7. The molecule has 0 aliphatic carbocycles. The second-order valence-electron chi connectivity index (χ2n) is 6.14. The van der Waals surface area contributed by atoms with Gasteiger partial charge in [-0.25, -0.2) is 4.79 Å². The number of rotatable bonds is 7. The molecule has 2 N–H and O–H groups in total. The van der Waals surface area contributed by atoms with Crippen molar-refractivity contribution in [1.29, 1.82) is 0 Å². The lowest BCUT2D eigenvalue weighted by Gasteiger charge is -2.11. The van der Waals surface area contributed by atoms with Crippen molar-refractivity contribution in [3.8, 4) is 0 Å². The molecule has 2 aromatic rings. The van der Waals surface area contributed by atoms with E-state index in [1.807, 2.05) is 0 Å². The van der Waals surface area contributed by atoms with Crippen molar-refractivity contribution in [2.45, 2.75) is 19.4 Å². The quantitative estimate of drug-likeness (QED) is 0.799. The molecule has 0 saturated heterocycles. The van der Waals surface area contributed by atoms with E-state index >= 15 is 0 Å². The molecule has 0 radical (unpaired) electrons. The van der Waals surface area contributed by atoms with E-state index in [0.717, 1.165) is 5.56 Å². The van der Waals surface area contributed by atoms with Crippen molar-refractivity contribution >= 4 is 17.8 Å². The lowest BCUT2D eigenvalue weighted by atomic mass is 10.0. The number of hydrogen-bond acceptors (Lipinski definition) is 3. The molecule has 0 atom stereocenters. The summed E-state index contributed by atoms with van der Waals surface area (Å²) in [6.07, 6.45) is 0.575. The van der Waals surface area contributed by atoms with Crippen LogP contribution in [-0.4, -0.2) is 41.9 Å². The number of hydrogen-bond donors (Lipinski definition) is 2. The van der Waals surface area contributed by atoms with Crippen molar-refractivity contribution in [3.63, 3.8) is 0 Å². The van der Waals surface area contributed by atoms with Gasteiger partial charge in [-0.3, -0.25) is 9.59 Å². The largest absolute Gasteiger partial charge is 0.478 e. The lowest BCUT2D eigenvalue weighted by Crippen LogP contribution is -2.24. The second kappa shape index (κ2) is 8.80. The third kappa shape index (κ3) is 5.17. The van der Waals surface area contributed by atoms with Crippen LogP contribution in [0.5, 0.6) is 0 Å². The van der Waals surface area contributed by atoms with Crippen LogP contribution in [0.2, 0.25) is 0 Å². The molecule has 2 aromatic carbocycles. The number of aryl methyl sites for hydroxylation is 1. The van der Waals surface area contributed by atoms with E-state index in [1.165, 1.54) is 11.0 Å². The van der Waals surface area contributed by atoms with Crippen LogP contribution < -0.4 is 5.32 Å². The Kier molecular flexibility index (Phi) is 6.49. The van der Waals surface area contributed by atoms with Gasteiger partial charge in [0.25, 0.3) is 5.91 Å². The topological polar surface area (TPSA) is 86.7 Å². The predicted octanol–water partition coefficient (Wildman–Crippen LogP) is 2.34. The molecular weight excluding hydrogens is 332 g/mol. The second-order valence-corrected chi connectivity index (χ2v) is 6.14. The van der Waals surface area contributed by atoms with Gasteiger partial charge in [0.2, 0.25) is 5.91 Å². The summed E-state index contributed by atoms with van der Waals surface area (Å²) in [5.41, 5.74) is 2.35. The van der Waals surface area contributed by atoms with Gasteiger partial charge in [-0.1, -0.05) is 30.3 Å². The molecule has 0 aliphatic rings. The first-order valence-electron chi connectivity index (χ1n) is 8.27. The van der Waals surface area contributed by atoms with Gasteiger partial charge in [-0.2, -0.15) is 0 Å². The van der Waals surface area contributed by atoms with Crippen LogP contribution in [0.15, 0.2) is 48.5 Å². The number of nitrogens with zero attached hydrogens (tertiary/aromatic N) is 1. The normalized spacial score (nSPS) is 10.2. The third-order valence-corrected chi connectivity index (χ3v) is 3.97. The Morgan fingerprint density at radius 2 is 1.65 bits per heavy atom. The summed E-state index contributed by atoms with van der Waals surface area (Å²) in [7, 11) is 3.39. The zero-order chi connectivity index (χ0) is 19.1. The van der Waals surface area contributed by atoms with E-state index in [4.69, 9.17) is 5.11 Å². The Labute approximate surface area is 152 Å². The molecule has 0 saturated carbocycles. The Bertz CT molecular complexity index is 798. The molecule has 2 amide bonds. The molecule has 0 unspecified atom stereocenters. The fraction of sp³-hybridized carbons (Fsp3) is 0.250. The van der Waals surface area contributed by atoms with Gasteiger partial charge in [-0.05, 0) is 35.7 Å². The standard InChI is InChI=1S/C20H22N2O4/c1-22(2)19(24)16-9-7-14(8-10-16)13-21-18(23)12-11-15-5-3-4-6-17(15)20(25)26/h3-10H,11-13H2,1-2H3,(H,21,23)(H,25,26). The minimum atomic E-state index is -0.992. The Morgan fingerprint density at radius 3 is 2.27 bits per heavy atom. The van der Waals surface area contributed by atoms with E-state index in [9.17, 15) is 14.4 Å². The number of aromatic carboxylic acids is 1. The van der Waals surface area contributed by atoms with Crippen LogP contribution in [0, 0.1) is 0 Å². The van der Waals surface area contributed by atoms with Crippen LogP contribution in [0.25, 0.3) is 0 Å². The fourth-order valence-corrected chi connectivity index (χ4v) is 2.51. The van der Waals surface area contributed by atoms with E-state index in [-0.39, 0.29) is 23.8 Å². The molecule has 136 valence electrons. The van der Waals surface area contributed by atoms with Crippen LogP contribution in [-0.2, 0) is 17.8 Å². The first kappa shape index (κ1) is 19.2. The van der Waals surface area contributed by atoms with Crippen LogP contribution in [0.1, 0.15) is 38.3 Å². The highest BCUT2D eigenvalue weighted by Crippen LogP contribution is 2.11. The van der Waals surface area contributed by atoms with Gasteiger partial charge >= 0.3 is 5.97 Å². The summed E-state index contributed by atoms with van der Waals surface area (Å²) < 4.78 is 0. The van der Waals surface area contributed by atoms with E-state index in [2.05, 4.69) is 5.32 Å². The Hall–Kier alpha value is -3.15. The fourth-order valence-electron chi connectivity index (χ4n) is 2.51. The summed E-state index contributed by atoms with van der Waals surface area (Å²) in [4.78, 5) is 36.5. The molecule has 26 heavy (non-hydrogen) atoms. The van der Waals surface area contributed by atoms with Crippen molar-refractivity contribution < 1.29 is 19.5 Å². The van der Waals surface area contributed by atoms with Gasteiger partial charge in [0, 0.05) is 32.6 Å². The smallest absolute Gasteiger partial charge is 0.335 e. The van der Waals surface area contributed by atoms with Crippen molar-refractivity contribution in [3.05, 3.63) is 70.8 Å². The number of carboxylic acids is 1. The maximum Gasteiger partial charge on any atom is 0.335 e.